The van der Waals surface area contributed by atoms with Crippen LogP contribution in [-0.2, 0) is 0 Å². The van der Waals surface area contributed by atoms with Crippen molar-refractivity contribution in [3.8, 4) is 33.4 Å². The Hall–Kier alpha value is -6.42. The molecule has 240 valence electrons. The Morgan fingerprint density at radius 1 is 0.392 bits per heavy atom. The van der Waals surface area contributed by atoms with E-state index in [2.05, 4.69) is 193 Å². The second kappa shape index (κ2) is 12.2. The zero-order valence-corrected chi connectivity index (χ0v) is 28.5. The third kappa shape index (κ3) is 4.93. The molecule has 2 heterocycles. The molecule has 10 aromatic rings. The molecule has 0 saturated carbocycles. The lowest BCUT2D eigenvalue weighted by Gasteiger charge is -2.27. The van der Waals surface area contributed by atoms with E-state index in [9.17, 15) is 0 Å². The van der Waals surface area contributed by atoms with Gasteiger partial charge in [-0.15, -0.1) is 11.3 Å². The van der Waals surface area contributed by atoms with Crippen LogP contribution in [0.5, 0.6) is 0 Å². The molecule has 2 aromatic heterocycles. The summed E-state index contributed by atoms with van der Waals surface area (Å²) in [4.78, 5) is 2.35. The molecule has 51 heavy (non-hydrogen) atoms. The Labute approximate surface area is 300 Å². The standard InChI is InChI=1S/C48H31NOS/c1-3-14-32(15-4-1)33-26-28-35(29-27-33)49(34-16-5-2-6-17-34)43-31-30-39(47-46(43)42-21-9-11-24-44(42)50-47)36-18-7-8-19-37(36)40-22-13-23-41-38-20-10-12-25-45(38)51-48(40)41/h1-31H. The maximum atomic E-state index is 6.88. The van der Waals surface area contributed by atoms with Gasteiger partial charge in [0.05, 0.1) is 11.1 Å². The van der Waals surface area contributed by atoms with E-state index in [1.54, 1.807) is 0 Å². The Bertz CT molecular complexity index is 2850. The van der Waals surface area contributed by atoms with Crippen LogP contribution < -0.4 is 4.90 Å². The van der Waals surface area contributed by atoms with Crippen LogP contribution in [0.25, 0.3) is 75.5 Å². The van der Waals surface area contributed by atoms with E-state index in [0.29, 0.717) is 0 Å². The van der Waals surface area contributed by atoms with Crippen LogP contribution >= 0.6 is 11.3 Å². The fourth-order valence-electron chi connectivity index (χ4n) is 7.56. The van der Waals surface area contributed by atoms with Crippen molar-refractivity contribution in [2.75, 3.05) is 4.90 Å². The first kappa shape index (κ1) is 29.5. The number of rotatable bonds is 6. The summed E-state index contributed by atoms with van der Waals surface area (Å²) in [5, 5.41) is 4.78. The molecule has 10 rings (SSSR count). The maximum absolute atomic E-state index is 6.88. The van der Waals surface area contributed by atoms with E-state index in [1.807, 2.05) is 11.3 Å². The highest BCUT2D eigenvalue weighted by Gasteiger charge is 2.23. The average molecular weight is 670 g/mol. The van der Waals surface area contributed by atoms with Crippen molar-refractivity contribution < 1.29 is 4.42 Å². The Balaban J connectivity index is 1.20. The van der Waals surface area contributed by atoms with E-state index in [1.165, 1.54) is 42.4 Å². The quantitative estimate of drug-likeness (QED) is 0.175. The summed E-state index contributed by atoms with van der Waals surface area (Å²) in [5.74, 6) is 0. The molecule has 0 spiro atoms. The summed E-state index contributed by atoms with van der Waals surface area (Å²) in [6, 6.07) is 67.1. The fourth-order valence-corrected chi connectivity index (χ4v) is 8.79. The molecular weight excluding hydrogens is 639 g/mol. The summed E-state index contributed by atoms with van der Waals surface area (Å²) in [6.07, 6.45) is 0. The van der Waals surface area contributed by atoms with Crippen LogP contribution in [0.15, 0.2) is 192 Å². The van der Waals surface area contributed by atoms with Crippen LogP contribution in [-0.4, -0.2) is 0 Å². The molecule has 0 aliphatic carbocycles. The number of benzene rings is 8. The summed E-state index contributed by atoms with van der Waals surface area (Å²) >= 11 is 1.87. The highest BCUT2D eigenvalue weighted by atomic mass is 32.1. The number of furan rings is 1. The van der Waals surface area contributed by atoms with Crippen molar-refractivity contribution in [1.29, 1.82) is 0 Å². The molecule has 2 nitrogen and oxygen atoms in total. The van der Waals surface area contributed by atoms with Crippen LogP contribution in [0.2, 0.25) is 0 Å². The predicted molar refractivity (Wildman–Crippen MR) is 218 cm³/mol. The van der Waals surface area contributed by atoms with Crippen molar-refractivity contribution in [2.24, 2.45) is 0 Å². The fraction of sp³-hybridized carbons (Fsp3) is 0. The van der Waals surface area contributed by atoms with Gasteiger partial charge in [0.15, 0.2) is 0 Å². The van der Waals surface area contributed by atoms with Gasteiger partial charge in [0.1, 0.15) is 11.2 Å². The SMILES string of the molecule is c1ccc(-c2ccc(N(c3ccccc3)c3ccc(-c4ccccc4-c4cccc5c4sc4ccccc45)c4oc5ccccc5c34)cc2)cc1. The number of para-hydroxylation sites is 2. The van der Waals surface area contributed by atoms with Gasteiger partial charge >= 0.3 is 0 Å². The number of thiophene rings is 1. The summed E-state index contributed by atoms with van der Waals surface area (Å²) < 4.78 is 9.49. The van der Waals surface area contributed by atoms with Gasteiger partial charge in [0.25, 0.3) is 0 Å². The predicted octanol–water partition coefficient (Wildman–Crippen LogP) is 14.4. The summed E-state index contributed by atoms with van der Waals surface area (Å²) in [5.41, 5.74) is 12.0. The zero-order valence-electron chi connectivity index (χ0n) is 27.7. The molecule has 0 unspecified atom stereocenters. The van der Waals surface area contributed by atoms with Crippen LogP contribution in [0, 0.1) is 0 Å². The summed E-state index contributed by atoms with van der Waals surface area (Å²) in [7, 11) is 0. The van der Waals surface area contributed by atoms with Gasteiger partial charge in [-0.2, -0.15) is 0 Å². The van der Waals surface area contributed by atoms with Crippen molar-refractivity contribution in [3.63, 3.8) is 0 Å². The first-order valence-electron chi connectivity index (χ1n) is 17.3. The molecule has 3 heteroatoms. The molecule has 0 N–H and O–H groups in total. The van der Waals surface area contributed by atoms with Gasteiger partial charge in [-0.3, -0.25) is 0 Å². The van der Waals surface area contributed by atoms with Crippen LogP contribution in [0.4, 0.5) is 17.1 Å². The summed E-state index contributed by atoms with van der Waals surface area (Å²) in [6.45, 7) is 0. The highest BCUT2D eigenvalue weighted by molar-refractivity contribution is 7.26. The average Bonchev–Trinajstić information content (AvgIpc) is 3.79. The van der Waals surface area contributed by atoms with Crippen molar-refractivity contribution in [1.82, 2.24) is 0 Å². The Morgan fingerprint density at radius 2 is 0.980 bits per heavy atom. The lowest BCUT2D eigenvalue weighted by molar-refractivity contribution is 0.670. The maximum Gasteiger partial charge on any atom is 0.145 e. The minimum absolute atomic E-state index is 0.873. The molecule has 0 aliphatic rings. The van der Waals surface area contributed by atoms with Crippen molar-refractivity contribution in [3.05, 3.63) is 188 Å². The third-order valence-electron chi connectivity index (χ3n) is 9.90. The lowest BCUT2D eigenvalue weighted by Crippen LogP contribution is -2.10. The number of nitrogens with zero attached hydrogens (tertiary/aromatic N) is 1. The number of anilines is 3. The van der Waals surface area contributed by atoms with Gasteiger partial charge in [-0.05, 0) is 70.8 Å². The normalized spacial score (nSPS) is 11.5. The highest BCUT2D eigenvalue weighted by Crippen LogP contribution is 2.49. The molecule has 0 fully saturated rings. The van der Waals surface area contributed by atoms with Crippen molar-refractivity contribution >= 4 is 70.5 Å². The second-order valence-corrected chi connectivity index (χ2v) is 13.9. The Kier molecular flexibility index (Phi) is 7.04. The van der Waals surface area contributed by atoms with Crippen molar-refractivity contribution in [2.45, 2.75) is 0 Å². The first-order chi connectivity index (χ1) is 25.3. The van der Waals surface area contributed by atoms with Gasteiger partial charge in [0, 0.05) is 48.1 Å². The lowest BCUT2D eigenvalue weighted by atomic mass is 9.92. The Morgan fingerprint density at radius 3 is 1.78 bits per heavy atom. The van der Waals surface area contributed by atoms with Gasteiger partial charge in [-0.25, -0.2) is 0 Å². The molecular formula is C48H31NOS. The smallest absolute Gasteiger partial charge is 0.145 e. The van der Waals surface area contributed by atoms with E-state index < -0.39 is 0 Å². The minimum atomic E-state index is 0.873. The van der Waals surface area contributed by atoms with E-state index in [0.717, 1.165) is 50.1 Å². The number of fused-ring (bicyclic) bond motifs is 6. The topological polar surface area (TPSA) is 16.4 Å². The molecule has 0 bridgehead atoms. The molecule has 0 radical (unpaired) electrons. The minimum Gasteiger partial charge on any atom is -0.455 e. The van der Waals surface area contributed by atoms with E-state index >= 15 is 0 Å². The van der Waals surface area contributed by atoms with Gasteiger partial charge < -0.3 is 9.32 Å². The molecule has 0 atom stereocenters. The molecule has 0 aliphatic heterocycles. The van der Waals surface area contributed by atoms with Crippen LogP contribution in [0.3, 0.4) is 0 Å². The molecule has 8 aromatic carbocycles. The van der Waals surface area contributed by atoms with Gasteiger partial charge in [-0.1, -0.05) is 140 Å². The van der Waals surface area contributed by atoms with Crippen LogP contribution in [0.1, 0.15) is 0 Å². The largest absolute Gasteiger partial charge is 0.455 e. The second-order valence-electron chi connectivity index (χ2n) is 12.8. The van der Waals surface area contributed by atoms with E-state index in [-0.39, 0.29) is 0 Å². The van der Waals surface area contributed by atoms with Gasteiger partial charge in [0.2, 0.25) is 0 Å². The number of hydrogen-bond donors (Lipinski definition) is 0. The number of hydrogen-bond acceptors (Lipinski definition) is 3. The first-order valence-corrected chi connectivity index (χ1v) is 18.1. The third-order valence-corrected chi connectivity index (χ3v) is 11.1. The zero-order chi connectivity index (χ0) is 33.7. The molecule has 0 amide bonds. The van der Waals surface area contributed by atoms with E-state index in [4.69, 9.17) is 4.42 Å². The monoisotopic (exact) mass is 669 g/mol. The molecule has 0 saturated heterocycles.